The minimum Gasteiger partial charge on any atom is -0.495 e. The standard InChI is InChI=1S/C18H18ClN3O3S/c1-12-20-16-5-3-4-6-17(16)22(12)13-10-21(11-13)26(23,24)14-7-8-18(25-2)15(19)9-14/h3-9,13H,10-11H2,1-2H3. The van der Waals surface area contributed by atoms with Gasteiger partial charge in [0, 0.05) is 13.1 Å². The zero-order valence-corrected chi connectivity index (χ0v) is 16.0. The number of nitrogens with zero attached hydrogens (tertiary/aromatic N) is 3. The van der Waals surface area contributed by atoms with Crippen molar-refractivity contribution in [3.8, 4) is 5.75 Å². The van der Waals surface area contributed by atoms with Crippen LogP contribution in [-0.4, -0.2) is 42.5 Å². The molecule has 1 aromatic heterocycles. The molecule has 0 amide bonds. The van der Waals surface area contributed by atoms with Crippen molar-refractivity contribution in [1.82, 2.24) is 13.9 Å². The van der Waals surface area contributed by atoms with Gasteiger partial charge in [-0.1, -0.05) is 23.7 Å². The van der Waals surface area contributed by atoms with Gasteiger partial charge in [0.15, 0.2) is 0 Å². The lowest BCUT2D eigenvalue weighted by molar-refractivity contribution is 0.206. The van der Waals surface area contributed by atoms with Gasteiger partial charge in [-0.2, -0.15) is 4.31 Å². The first-order valence-corrected chi connectivity index (χ1v) is 10.0. The van der Waals surface area contributed by atoms with Crippen LogP contribution in [0.25, 0.3) is 11.0 Å². The van der Waals surface area contributed by atoms with Gasteiger partial charge in [-0.05, 0) is 37.3 Å². The predicted octanol–water partition coefficient (Wildman–Crippen LogP) is 3.25. The maximum absolute atomic E-state index is 12.8. The number of hydrogen-bond donors (Lipinski definition) is 0. The fraction of sp³-hybridized carbons (Fsp3) is 0.278. The lowest BCUT2D eigenvalue weighted by Gasteiger charge is -2.39. The highest BCUT2D eigenvalue weighted by Gasteiger charge is 2.39. The molecule has 1 aliphatic rings. The van der Waals surface area contributed by atoms with E-state index >= 15 is 0 Å². The van der Waals surface area contributed by atoms with Crippen molar-refractivity contribution in [2.24, 2.45) is 0 Å². The number of aromatic nitrogens is 2. The summed E-state index contributed by atoms with van der Waals surface area (Å²) in [5, 5.41) is 0.280. The summed E-state index contributed by atoms with van der Waals surface area (Å²) in [5.41, 5.74) is 1.95. The molecule has 1 fully saturated rings. The average molecular weight is 392 g/mol. The number of ether oxygens (including phenoxy) is 1. The van der Waals surface area contributed by atoms with Crippen LogP contribution in [0.3, 0.4) is 0 Å². The van der Waals surface area contributed by atoms with Crippen molar-refractivity contribution in [2.45, 2.75) is 17.9 Å². The maximum atomic E-state index is 12.8. The summed E-state index contributed by atoms with van der Waals surface area (Å²) in [4.78, 5) is 4.73. The Morgan fingerprint density at radius 1 is 1.19 bits per heavy atom. The number of para-hydroxylation sites is 2. The van der Waals surface area contributed by atoms with Crippen molar-refractivity contribution >= 4 is 32.7 Å². The fourth-order valence-electron chi connectivity index (χ4n) is 3.36. The Morgan fingerprint density at radius 3 is 2.62 bits per heavy atom. The van der Waals surface area contributed by atoms with E-state index in [2.05, 4.69) is 9.55 Å². The van der Waals surface area contributed by atoms with E-state index in [0.717, 1.165) is 16.9 Å². The fourth-order valence-corrected chi connectivity index (χ4v) is 5.22. The van der Waals surface area contributed by atoms with Gasteiger partial charge in [-0.25, -0.2) is 13.4 Å². The number of aryl methyl sites for hydroxylation is 1. The first kappa shape index (κ1) is 17.3. The summed E-state index contributed by atoms with van der Waals surface area (Å²) in [6.45, 7) is 2.76. The number of rotatable bonds is 4. The summed E-state index contributed by atoms with van der Waals surface area (Å²) in [6, 6.07) is 12.5. The SMILES string of the molecule is COc1ccc(S(=O)(=O)N2CC(n3c(C)nc4ccccc43)C2)cc1Cl. The van der Waals surface area contributed by atoms with Crippen LogP contribution in [-0.2, 0) is 10.0 Å². The van der Waals surface area contributed by atoms with Gasteiger partial charge in [0.1, 0.15) is 11.6 Å². The second kappa shape index (κ2) is 6.26. The molecule has 0 bridgehead atoms. The van der Waals surface area contributed by atoms with E-state index < -0.39 is 10.0 Å². The highest BCUT2D eigenvalue weighted by atomic mass is 35.5. The van der Waals surface area contributed by atoms with E-state index in [4.69, 9.17) is 16.3 Å². The largest absolute Gasteiger partial charge is 0.495 e. The third kappa shape index (κ3) is 2.67. The smallest absolute Gasteiger partial charge is 0.243 e. The summed E-state index contributed by atoms with van der Waals surface area (Å²) in [6.07, 6.45) is 0. The van der Waals surface area contributed by atoms with Gasteiger partial charge in [-0.15, -0.1) is 0 Å². The second-order valence-electron chi connectivity index (χ2n) is 6.29. The monoisotopic (exact) mass is 391 g/mol. The number of halogens is 1. The van der Waals surface area contributed by atoms with Crippen LogP contribution in [0.5, 0.6) is 5.75 Å². The first-order valence-electron chi connectivity index (χ1n) is 8.19. The van der Waals surface area contributed by atoms with Gasteiger partial charge in [-0.3, -0.25) is 0 Å². The molecule has 2 heterocycles. The third-order valence-corrected chi connectivity index (χ3v) is 6.85. The number of imidazole rings is 1. The first-order chi connectivity index (χ1) is 12.4. The Hall–Kier alpha value is -2.09. The molecule has 2 aromatic carbocycles. The molecule has 0 unspecified atom stereocenters. The molecule has 0 spiro atoms. The van der Waals surface area contributed by atoms with Crippen LogP contribution in [0.1, 0.15) is 11.9 Å². The molecule has 6 nitrogen and oxygen atoms in total. The molecule has 0 atom stereocenters. The number of hydrogen-bond acceptors (Lipinski definition) is 4. The minimum absolute atomic E-state index is 0.0749. The van der Waals surface area contributed by atoms with Crippen LogP contribution < -0.4 is 4.74 Å². The minimum atomic E-state index is -3.58. The van der Waals surface area contributed by atoms with E-state index in [0.29, 0.717) is 18.8 Å². The quantitative estimate of drug-likeness (QED) is 0.684. The molecule has 0 radical (unpaired) electrons. The van der Waals surface area contributed by atoms with E-state index in [1.807, 2.05) is 31.2 Å². The Morgan fingerprint density at radius 2 is 1.92 bits per heavy atom. The summed E-state index contributed by atoms with van der Waals surface area (Å²) < 4.78 is 34.3. The van der Waals surface area contributed by atoms with E-state index in [1.165, 1.54) is 23.5 Å². The van der Waals surface area contributed by atoms with Crippen molar-refractivity contribution in [3.63, 3.8) is 0 Å². The molecule has 1 aliphatic heterocycles. The molecule has 26 heavy (non-hydrogen) atoms. The van der Waals surface area contributed by atoms with Gasteiger partial charge in [0.2, 0.25) is 10.0 Å². The Kier molecular flexibility index (Phi) is 4.17. The van der Waals surface area contributed by atoms with Gasteiger partial charge in [0.25, 0.3) is 0 Å². The predicted molar refractivity (Wildman–Crippen MR) is 100 cm³/mol. The molecule has 0 saturated carbocycles. The zero-order valence-electron chi connectivity index (χ0n) is 14.4. The highest BCUT2D eigenvalue weighted by Crippen LogP contribution is 2.34. The summed E-state index contributed by atoms with van der Waals surface area (Å²) in [5.74, 6) is 1.34. The third-order valence-electron chi connectivity index (χ3n) is 4.73. The van der Waals surface area contributed by atoms with Gasteiger partial charge in [0.05, 0.1) is 34.1 Å². The van der Waals surface area contributed by atoms with Crippen LogP contribution in [0.4, 0.5) is 0 Å². The van der Waals surface area contributed by atoms with E-state index in [-0.39, 0.29) is 16.0 Å². The molecule has 0 N–H and O–H groups in total. The molecule has 3 aromatic rings. The molecule has 136 valence electrons. The van der Waals surface area contributed by atoms with Crippen LogP contribution in [0, 0.1) is 6.92 Å². The van der Waals surface area contributed by atoms with Crippen molar-refractivity contribution in [1.29, 1.82) is 0 Å². The number of benzene rings is 2. The van der Waals surface area contributed by atoms with Crippen LogP contribution >= 0.6 is 11.6 Å². The molecule has 0 aliphatic carbocycles. The van der Waals surface area contributed by atoms with Crippen molar-refractivity contribution in [2.75, 3.05) is 20.2 Å². The molecular formula is C18H18ClN3O3S. The Balaban J connectivity index is 1.59. The number of fused-ring (bicyclic) bond motifs is 1. The van der Waals surface area contributed by atoms with E-state index in [1.54, 1.807) is 6.07 Å². The Labute approximate surface area is 157 Å². The lowest BCUT2D eigenvalue weighted by atomic mass is 10.1. The second-order valence-corrected chi connectivity index (χ2v) is 8.64. The van der Waals surface area contributed by atoms with Gasteiger partial charge < -0.3 is 9.30 Å². The molecule has 8 heteroatoms. The lowest BCUT2D eigenvalue weighted by Crippen LogP contribution is -2.50. The van der Waals surface area contributed by atoms with Crippen molar-refractivity contribution in [3.05, 3.63) is 53.3 Å². The molecular weight excluding hydrogens is 374 g/mol. The molecule has 4 rings (SSSR count). The number of methoxy groups -OCH3 is 1. The van der Waals surface area contributed by atoms with Crippen LogP contribution in [0.15, 0.2) is 47.4 Å². The zero-order chi connectivity index (χ0) is 18.5. The number of sulfonamides is 1. The van der Waals surface area contributed by atoms with Crippen molar-refractivity contribution < 1.29 is 13.2 Å². The molecule has 1 saturated heterocycles. The average Bonchev–Trinajstić information content (AvgIpc) is 2.89. The summed E-state index contributed by atoms with van der Waals surface area (Å²) >= 11 is 6.08. The van der Waals surface area contributed by atoms with Gasteiger partial charge >= 0.3 is 0 Å². The van der Waals surface area contributed by atoms with Crippen LogP contribution in [0.2, 0.25) is 5.02 Å². The maximum Gasteiger partial charge on any atom is 0.243 e. The Bertz CT molecular complexity index is 1090. The topological polar surface area (TPSA) is 64.4 Å². The van der Waals surface area contributed by atoms with E-state index in [9.17, 15) is 8.42 Å². The normalized spacial score (nSPS) is 16.0. The highest BCUT2D eigenvalue weighted by molar-refractivity contribution is 7.89. The summed E-state index contributed by atoms with van der Waals surface area (Å²) in [7, 11) is -2.09.